The summed E-state index contributed by atoms with van der Waals surface area (Å²) in [6, 6.07) is 7.63. The molecule has 0 saturated carbocycles. The molecule has 0 aliphatic rings. The van der Waals surface area contributed by atoms with Crippen LogP contribution < -0.4 is 0 Å². The summed E-state index contributed by atoms with van der Waals surface area (Å²) in [5, 5.41) is 9.76. The van der Waals surface area contributed by atoms with Crippen LogP contribution in [0, 0.1) is 11.3 Å². The Bertz CT molecular complexity index is 534. The quantitative estimate of drug-likeness (QED) is 0.852. The van der Waals surface area contributed by atoms with Crippen molar-refractivity contribution in [3.8, 4) is 6.07 Å². The molecular weight excluding hydrogens is 286 g/mol. The van der Waals surface area contributed by atoms with Crippen molar-refractivity contribution >= 4 is 27.7 Å². The molecule has 0 unspecified atom stereocenters. The molecule has 2 heterocycles. The molecule has 78 valence electrons. The molecule has 0 aromatic carbocycles. The van der Waals surface area contributed by atoms with Crippen LogP contribution in [0.25, 0.3) is 0 Å². The number of aromatic nitrogens is 2. The zero-order valence-corrected chi connectivity index (χ0v) is 10.5. The van der Waals surface area contributed by atoms with Gasteiger partial charge in [0.15, 0.2) is 0 Å². The van der Waals surface area contributed by atoms with Gasteiger partial charge >= 0.3 is 0 Å². The van der Waals surface area contributed by atoms with E-state index in [4.69, 9.17) is 5.26 Å². The van der Waals surface area contributed by atoms with Crippen LogP contribution in [-0.2, 0) is 0 Å². The highest BCUT2D eigenvalue weighted by Crippen LogP contribution is 2.28. The fourth-order valence-electron chi connectivity index (χ4n) is 1.09. The molecule has 2 aromatic heterocycles. The van der Waals surface area contributed by atoms with Gasteiger partial charge in [0.25, 0.3) is 0 Å². The molecular formula is C11H6BrN3S. The first-order valence-corrected chi connectivity index (χ1v) is 6.04. The van der Waals surface area contributed by atoms with Crippen LogP contribution in [-0.4, -0.2) is 9.97 Å². The summed E-state index contributed by atoms with van der Waals surface area (Å²) in [5.74, 6) is 0. The fraction of sp³-hybridized carbons (Fsp3) is 0. The van der Waals surface area contributed by atoms with E-state index in [0.717, 1.165) is 14.4 Å². The van der Waals surface area contributed by atoms with E-state index in [2.05, 4.69) is 32.0 Å². The van der Waals surface area contributed by atoms with Crippen LogP contribution >= 0.6 is 27.7 Å². The smallest absolute Gasteiger partial charge is 0.101 e. The predicted molar refractivity (Wildman–Crippen MR) is 65.0 cm³/mol. The third-order valence-corrected chi connectivity index (χ3v) is 3.28. The Morgan fingerprint density at radius 3 is 2.81 bits per heavy atom. The number of pyridine rings is 2. The van der Waals surface area contributed by atoms with Crippen molar-refractivity contribution in [3.63, 3.8) is 0 Å². The topological polar surface area (TPSA) is 49.6 Å². The van der Waals surface area contributed by atoms with Crippen molar-refractivity contribution in [1.82, 2.24) is 9.97 Å². The minimum atomic E-state index is 0.615. The average molecular weight is 292 g/mol. The van der Waals surface area contributed by atoms with Gasteiger partial charge in [-0.25, -0.2) is 4.98 Å². The molecule has 2 aromatic rings. The van der Waals surface area contributed by atoms with E-state index in [1.165, 1.54) is 11.8 Å². The Morgan fingerprint density at radius 1 is 1.25 bits per heavy atom. The molecule has 2 rings (SSSR count). The van der Waals surface area contributed by atoms with E-state index in [-0.39, 0.29) is 0 Å². The molecule has 0 N–H and O–H groups in total. The first-order valence-electron chi connectivity index (χ1n) is 4.43. The molecule has 0 radical (unpaired) electrons. The van der Waals surface area contributed by atoms with Crippen LogP contribution in [0.5, 0.6) is 0 Å². The summed E-state index contributed by atoms with van der Waals surface area (Å²) in [6.07, 6.45) is 5.01. The maximum absolute atomic E-state index is 8.92. The van der Waals surface area contributed by atoms with Gasteiger partial charge in [-0.1, -0.05) is 11.8 Å². The molecule has 0 saturated heterocycles. The van der Waals surface area contributed by atoms with E-state index >= 15 is 0 Å². The third kappa shape index (κ3) is 2.60. The van der Waals surface area contributed by atoms with Gasteiger partial charge in [-0.05, 0) is 34.1 Å². The van der Waals surface area contributed by atoms with Crippen LogP contribution in [0.4, 0.5) is 0 Å². The number of hydrogen-bond donors (Lipinski definition) is 0. The second-order valence-corrected chi connectivity index (χ2v) is 4.88. The molecule has 0 aliphatic carbocycles. The highest BCUT2D eigenvalue weighted by Gasteiger charge is 2.04. The van der Waals surface area contributed by atoms with Gasteiger partial charge in [0, 0.05) is 28.0 Å². The van der Waals surface area contributed by atoms with Crippen LogP contribution in [0.15, 0.2) is 51.2 Å². The van der Waals surface area contributed by atoms with Crippen LogP contribution in [0.3, 0.4) is 0 Å². The van der Waals surface area contributed by atoms with Crippen molar-refractivity contribution in [3.05, 3.63) is 46.8 Å². The van der Waals surface area contributed by atoms with Gasteiger partial charge in [0.2, 0.25) is 0 Å². The monoisotopic (exact) mass is 291 g/mol. The van der Waals surface area contributed by atoms with Crippen molar-refractivity contribution in [2.45, 2.75) is 9.92 Å². The van der Waals surface area contributed by atoms with E-state index in [9.17, 15) is 0 Å². The molecule has 0 spiro atoms. The Balaban J connectivity index is 2.27. The molecule has 0 fully saturated rings. The Morgan fingerprint density at radius 2 is 2.12 bits per heavy atom. The van der Waals surface area contributed by atoms with Gasteiger partial charge in [0.05, 0.1) is 5.56 Å². The Hall–Kier alpha value is -1.38. The van der Waals surface area contributed by atoms with Crippen molar-refractivity contribution in [2.75, 3.05) is 0 Å². The zero-order valence-electron chi connectivity index (χ0n) is 8.09. The Kier molecular flexibility index (Phi) is 3.54. The number of nitriles is 1. The van der Waals surface area contributed by atoms with E-state index in [1.54, 1.807) is 24.7 Å². The van der Waals surface area contributed by atoms with Crippen molar-refractivity contribution < 1.29 is 0 Å². The standard InChI is InChI=1S/C11H6BrN3S/c12-9-1-2-11(15-6-9)16-10-7-14-4-3-8(10)5-13/h1-4,6-7H. The SMILES string of the molecule is N#Cc1ccncc1Sc1ccc(Br)cn1. The first-order chi connectivity index (χ1) is 7.79. The van der Waals surface area contributed by atoms with Crippen LogP contribution in [0.2, 0.25) is 0 Å². The number of rotatable bonds is 2. The summed E-state index contributed by atoms with van der Waals surface area (Å²) in [7, 11) is 0. The summed E-state index contributed by atoms with van der Waals surface area (Å²) in [4.78, 5) is 9.05. The molecule has 0 amide bonds. The minimum Gasteiger partial charge on any atom is -0.263 e. The molecule has 3 nitrogen and oxygen atoms in total. The molecule has 16 heavy (non-hydrogen) atoms. The summed E-state index contributed by atoms with van der Waals surface area (Å²) >= 11 is 4.75. The maximum Gasteiger partial charge on any atom is 0.101 e. The lowest BCUT2D eigenvalue weighted by Gasteiger charge is -2.01. The lowest BCUT2D eigenvalue weighted by atomic mass is 10.3. The molecule has 5 heteroatoms. The van der Waals surface area contributed by atoms with Gasteiger partial charge in [-0.15, -0.1) is 0 Å². The number of halogens is 1. The minimum absolute atomic E-state index is 0.615. The summed E-state index contributed by atoms with van der Waals surface area (Å²) in [6.45, 7) is 0. The number of nitrogens with zero attached hydrogens (tertiary/aromatic N) is 3. The van der Waals surface area contributed by atoms with E-state index in [1.807, 2.05) is 12.1 Å². The zero-order chi connectivity index (χ0) is 11.4. The second kappa shape index (κ2) is 5.10. The lowest BCUT2D eigenvalue weighted by Crippen LogP contribution is -1.84. The highest BCUT2D eigenvalue weighted by molar-refractivity contribution is 9.10. The fourth-order valence-corrected chi connectivity index (χ4v) is 2.13. The highest BCUT2D eigenvalue weighted by atomic mass is 79.9. The van der Waals surface area contributed by atoms with Crippen LogP contribution in [0.1, 0.15) is 5.56 Å². The Labute approximate surface area is 106 Å². The van der Waals surface area contributed by atoms with Gasteiger partial charge in [-0.2, -0.15) is 5.26 Å². The first kappa shape index (κ1) is 11.1. The van der Waals surface area contributed by atoms with Crippen molar-refractivity contribution in [1.29, 1.82) is 5.26 Å². The molecule has 0 aliphatic heterocycles. The van der Waals surface area contributed by atoms with Crippen molar-refractivity contribution in [2.24, 2.45) is 0 Å². The summed E-state index contributed by atoms with van der Waals surface area (Å²) < 4.78 is 0.934. The van der Waals surface area contributed by atoms with E-state index < -0.39 is 0 Å². The second-order valence-electron chi connectivity index (χ2n) is 2.90. The normalized spacial score (nSPS) is 9.75. The van der Waals surface area contributed by atoms with E-state index in [0.29, 0.717) is 5.56 Å². The average Bonchev–Trinajstić information content (AvgIpc) is 2.33. The molecule has 0 bridgehead atoms. The number of hydrogen-bond acceptors (Lipinski definition) is 4. The molecule has 0 atom stereocenters. The third-order valence-electron chi connectivity index (χ3n) is 1.82. The predicted octanol–water partition coefficient (Wildman–Crippen LogP) is 3.26. The van der Waals surface area contributed by atoms with Gasteiger partial charge in [-0.3, -0.25) is 4.98 Å². The largest absolute Gasteiger partial charge is 0.263 e. The lowest BCUT2D eigenvalue weighted by molar-refractivity contribution is 1.11. The summed E-state index contributed by atoms with van der Waals surface area (Å²) in [5.41, 5.74) is 0.615. The maximum atomic E-state index is 8.92. The van der Waals surface area contributed by atoms with Gasteiger partial charge < -0.3 is 0 Å². The van der Waals surface area contributed by atoms with Gasteiger partial charge in [0.1, 0.15) is 11.1 Å².